The summed E-state index contributed by atoms with van der Waals surface area (Å²) in [5.41, 5.74) is 2.88. The molecule has 1 aliphatic carbocycles. The topological polar surface area (TPSA) is 165 Å². The van der Waals surface area contributed by atoms with Crippen LogP contribution in [0.5, 0.6) is 23.0 Å². The van der Waals surface area contributed by atoms with Gasteiger partial charge in [-0.3, -0.25) is 19.9 Å². The van der Waals surface area contributed by atoms with Crippen LogP contribution in [-0.2, 0) is 17.7 Å². The highest BCUT2D eigenvalue weighted by Gasteiger charge is 2.54. The summed E-state index contributed by atoms with van der Waals surface area (Å²) in [5.74, 6) is 1.75. The number of nitrogens with zero attached hydrogens (tertiary/aromatic N) is 5. The van der Waals surface area contributed by atoms with Gasteiger partial charge in [0.1, 0.15) is 22.9 Å². The molecule has 3 fully saturated rings. The monoisotopic (exact) mass is 869 g/mol. The number of aliphatic hydroxyl groups is 1. The third-order valence-corrected chi connectivity index (χ3v) is 14.2. The lowest BCUT2D eigenvalue weighted by Gasteiger charge is -2.62. The highest BCUT2D eigenvalue weighted by Crippen LogP contribution is 2.52. The molecule has 2 saturated heterocycles. The number of fused-ring (bicyclic) bond motifs is 1. The number of nitrogens with one attached hydrogen (secondary N) is 2. The standard InChI is InChI=1S/C46H56FN7O7S/c1-4-5-6-31(13-18-55)25-48-39-10-9-36(22-40(39)54(56)57)62(58)44-12-8-33(20-43(44)61-35-21-37-38(47)27-50-45(37)49-26-35)53-29-46(30-53)23-34(24-46)52-16-14-51(15-17-52)28-32-7-11-41(59-2)42(19-32)60-3/h7-12,19-22,26-27,31,34,48,55H,4-6,13-18,23-25,28-30H2,1-3H3,(H,49,50)/t31-,62?/m1/s1. The first-order valence-electron chi connectivity index (χ1n) is 21.5. The SMILES string of the molecule is CCCC[C@H](CCO)CNc1ccc([S+]([O-])c2ccc(N3CC4(CC(N5CCN(Cc6ccc(OC)c(OC)c6)CC5)C4)C3)cc2Oc2cnc3[nH]cc(F)c3c2)cc1[N+](=O)[O-]. The van der Waals surface area contributed by atoms with E-state index in [4.69, 9.17) is 14.2 Å². The zero-order valence-corrected chi connectivity index (χ0v) is 36.4. The first-order chi connectivity index (χ1) is 30.1. The second-order valence-corrected chi connectivity index (χ2v) is 18.4. The highest BCUT2D eigenvalue weighted by molar-refractivity contribution is 7.91. The molecule has 2 aromatic heterocycles. The van der Waals surface area contributed by atoms with Crippen LogP contribution < -0.4 is 24.4 Å². The van der Waals surface area contributed by atoms with Crippen LogP contribution in [0.2, 0.25) is 0 Å². The molecule has 3 aliphatic rings. The average molecular weight is 870 g/mol. The van der Waals surface area contributed by atoms with Crippen molar-refractivity contribution in [1.82, 2.24) is 19.8 Å². The van der Waals surface area contributed by atoms with Crippen molar-refractivity contribution in [3.8, 4) is 23.0 Å². The molecule has 8 rings (SSSR count). The zero-order chi connectivity index (χ0) is 43.4. The molecule has 16 heteroatoms. The number of aliphatic hydroxyl groups excluding tert-OH is 1. The number of hydrogen-bond acceptors (Lipinski definition) is 12. The Bertz CT molecular complexity index is 2340. The largest absolute Gasteiger partial charge is 0.606 e. The van der Waals surface area contributed by atoms with Crippen molar-refractivity contribution in [3.63, 3.8) is 0 Å². The van der Waals surface area contributed by atoms with E-state index in [0.29, 0.717) is 41.0 Å². The van der Waals surface area contributed by atoms with Crippen LogP contribution >= 0.6 is 0 Å². The lowest BCUT2D eigenvalue weighted by atomic mass is 9.60. The van der Waals surface area contributed by atoms with Gasteiger partial charge in [0.25, 0.3) is 5.69 Å². The maximum absolute atomic E-state index is 14.6. The Morgan fingerprint density at radius 3 is 2.53 bits per heavy atom. The van der Waals surface area contributed by atoms with E-state index in [2.05, 4.69) is 49.0 Å². The van der Waals surface area contributed by atoms with Gasteiger partial charge in [-0.15, -0.1) is 0 Å². The van der Waals surface area contributed by atoms with E-state index in [9.17, 15) is 24.2 Å². The smallest absolute Gasteiger partial charge is 0.297 e. The molecular formula is C46H56FN7O7S. The molecule has 1 spiro atoms. The Morgan fingerprint density at radius 1 is 1.02 bits per heavy atom. The molecule has 0 amide bonds. The Balaban J connectivity index is 0.939. The third kappa shape index (κ3) is 9.44. The summed E-state index contributed by atoms with van der Waals surface area (Å²) in [6.07, 6.45) is 8.52. The van der Waals surface area contributed by atoms with E-state index in [-0.39, 0.29) is 39.7 Å². The van der Waals surface area contributed by atoms with Crippen molar-refractivity contribution < 1.29 is 33.2 Å². The van der Waals surface area contributed by atoms with Crippen LogP contribution in [0.3, 0.4) is 0 Å². The lowest BCUT2D eigenvalue weighted by Crippen LogP contribution is -2.68. The number of anilines is 2. The van der Waals surface area contributed by atoms with Gasteiger partial charge in [-0.2, -0.15) is 0 Å². The number of H-pyrrole nitrogens is 1. The summed E-state index contributed by atoms with van der Waals surface area (Å²) in [6, 6.07) is 18.3. The summed E-state index contributed by atoms with van der Waals surface area (Å²) < 4.78 is 46.2. The zero-order valence-electron chi connectivity index (χ0n) is 35.6. The molecule has 4 heterocycles. The summed E-state index contributed by atoms with van der Waals surface area (Å²) in [5, 5.41) is 25.3. The van der Waals surface area contributed by atoms with Gasteiger partial charge in [-0.25, -0.2) is 9.37 Å². The number of benzene rings is 3. The summed E-state index contributed by atoms with van der Waals surface area (Å²) in [7, 11) is 3.32. The normalized spacial score (nSPS) is 17.7. The van der Waals surface area contributed by atoms with Gasteiger partial charge in [0.2, 0.25) is 4.90 Å². The predicted octanol–water partition coefficient (Wildman–Crippen LogP) is 7.97. The molecule has 5 aromatic rings. The second kappa shape index (κ2) is 19.1. The number of methoxy groups -OCH3 is 2. The van der Waals surface area contributed by atoms with Gasteiger partial charge in [0, 0.05) is 99.5 Å². The second-order valence-electron chi connectivity index (χ2n) is 17.0. The molecule has 0 radical (unpaired) electrons. The number of unbranched alkanes of at least 4 members (excludes halogenated alkanes) is 1. The van der Waals surface area contributed by atoms with Crippen LogP contribution in [-0.4, -0.2) is 107 Å². The van der Waals surface area contributed by atoms with Crippen molar-refractivity contribution in [2.75, 3.05) is 76.9 Å². The molecule has 14 nitrogen and oxygen atoms in total. The van der Waals surface area contributed by atoms with Crippen LogP contribution in [0, 0.1) is 27.3 Å². The molecular weight excluding hydrogens is 814 g/mol. The first kappa shape index (κ1) is 43.5. The van der Waals surface area contributed by atoms with E-state index in [1.807, 2.05) is 18.2 Å². The number of nitro benzene ring substituents is 1. The third-order valence-electron chi connectivity index (χ3n) is 12.8. The van der Waals surface area contributed by atoms with Gasteiger partial charge in [0.15, 0.2) is 22.1 Å². The number of aromatic amines is 1. The number of rotatable bonds is 19. The highest BCUT2D eigenvalue weighted by atomic mass is 32.2. The summed E-state index contributed by atoms with van der Waals surface area (Å²) >= 11 is -1.88. The quantitative estimate of drug-likeness (QED) is 0.0417. The van der Waals surface area contributed by atoms with E-state index in [0.717, 1.165) is 95.1 Å². The Morgan fingerprint density at radius 2 is 1.81 bits per heavy atom. The minimum absolute atomic E-state index is 0.0468. The van der Waals surface area contributed by atoms with Crippen LogP contribution in [0.1, 0.15) is 51.0 Å². The minimum atomic E-state index is -1.88. The molecule has 330 valence electrons. The van der Waals surface area contributed by atoms with Crippen LogP contribution in [0.25, 0.3) is 11.0 Å². The van der Waals surface area contributed by atoms with Crippen molar-refractivity contribution in [2.24, 2.45) is 11.3 Å². The minimum Gasteiger partial charge on any atom is -0.606 e. The molecule has 1 unspecified atom stereocenters. The van der Waals surface area contributed by atoms with Gasteiger partial charge >= 0.3 is 0 Å². The Hall–Kier alpha value is -5.13. The number of halogens is 1. The maximum atomic E-state index is 14.6. The fourth-order valence-corrected chi connectivity index (χ4v) is 10.5. The fourth-order valence-electron chi connectivity index (χ4n) is 9.32. The fraction of sp³-hybridized carbons (Fsp3) is 0.457. The lowest BCUT2D eigenvalue weighted by molar-refractivity contribution is -0.384. The van der Waals surface area contributed by atoms with E-state index >= 15 is 0 Å². The van der Waals surface area contributed by atoms with E-state index in [1.165, 1.54) is 24.0 Å². The molecule has 62 heavy (non-hydrogen) atoms. The molecule has 3 N–H and O–H groups in total. The van der Waals surface area contributed by atoms with Gasteiger partial charge in [-0.1, -0.05) is 25.8 Å². The molecule has 1 saturated carbocycles. The molecule has 2 aliphatic heterocycles. The molecule has 2 atom stereocenters. The predicted molar refractivity (Wildman–Crippen MR) is 238 cm³/mol. The van der Waals surface area contributed by atoms with Crippen LogP contribution in [0.4, 0.5) is 21.5 Å². The molecule has 0 bridgehead atoms. The van der Waals surface area contributed by atoms with Gasteiger partial charge in [-0.05, 0) is 79.6 Å². The van der Waals surface area contributed by atoms with E-state index in [1.54, 1.807) is 38.5 Å². The van der Waals surface area contributed by atoms with Gasteiger partial charge in [0.05, 0.1) is 36.8 Å². The average Bonchev–Trinajstić information content (AvgIpc) is 3.63. The number of hydrogen-bond donors (Lipinski definition) is 3. The Labute approximate surface area is 364 Å². The number of piperazine rings is 1. The first-order valence-corrected chi connectivity index (χ1v) is 22.7. The van der Waals surface area contributed by atoms with Crippen LogP contribution in [0.15, 0.2) is 82.8 Å². The van der Waals surface area contributed by atoms with Crippen molar-refractivity contribution >= 4 is 39.3 Å². The summed E-state index contributed by atoms with van der Waals surface area (Å²) in [6.45, 7) is 9.39. The number of aromatic nitrogens is 2. The van der Waals surface area contributed by atoms with Gasteiger partial charge < -0.3 is 39.1 Å². The maximum Gasteiger partial charge on any atom is 0.297 e. The Kier molecular flexibility index (Phi) is 13.4. The van der Waals surface area contributed by atoms with Crippen molar-refractivity contribution in [1.29, 1.82) is 0 Å². The number of pyridine rings is 1. The van der Waals surface area contributed by atoms with Crippen molar-refractivity contribution in [3.05, 3.63) is 94.6 Å². The number of nitro groups is 1. The number of ether oxygens (including phenoxy) is 3. The van der Waals surface area contributed by atoms with Crippen molar-refractivity contribution in [2.45, 2.75) is 67.8 Å². The summed E-state index contributed by atoms with van der Waals surface area (Å²) in [4.78, 5) is 26.9. The van der Waals surface area contributed by atoms with E-state index < -0.39 is 21.9 Å². The molecule has 3 aromatic carbocycles.